The highest BCUT2D eigenvalue weighted by Gasteiger charge is 2.14. The van der Waals surface area contributed by atoms with Gasteiger partial charge in [-0.2, -0.15) is 0 Å². The van der Waals surface area contributed by atoms with Gasteiger partial charge in [-0.15, -0.1) is 0 Å². The molecule has 1 aromatic rings. The number of rotatable bonds is 3. The normalized spacial score (nSPS) is 21.3. The van der Waals surface area contributed by atoms with Gasteiger partial charge >= 0.3 is 0 Å². The van der Waals surface area contributed by atoms with Crippen LogP contribution < -0.4 is 5.32 Å². The van der Waals surface area contributed by atoms with E-state index < -0.39 is 0 Å². The van der Waals surface area contributed by atoms with Crippen LogP contribution in [-0.2, 0) is 4.74 Å². The van der Waals surface area contributed by atoms with Gasteiger partial charge in [-0.05, 0) is 23.6 Å². The summed E-state index contributed by atoms with van der Waals surface area (Å²) in [5, 5.41) is 3.34. The quantitative estimate of drug-likeness (QED) is 0.873. The molecule has 2 nitrogen and oxygen atoms in total. The molecule has 1 atom stereocenters. The minimum atomic E-state index is 0.263. The first-order valence-electron chi connectivity index (χ1n) is 5.84. The summed E-state index contributed by atoms with van der Waals surface area (Å²) >= 11 is 1.80. The highest BCUT2D eigenvalue weighted by molar-refractivity contribution is 7.99. The maximum atomic E-state index is 5.66. The molecule has 3 heteroatoms. The number of nitrogens with one attached hydrogen (secondary N) is 1. The van der Waals surface area contributed by atoms with Gasteiger partial charge in [0.25, 0.3) is 0 Å². The van der Waals surface area contributed by atoms with E-state index in [1.54, 1.807) is 11.8 Å². The number of benzene rings is 1. The Kier molecular flexibility index (Phi) is 4.27. The summed E-state index contributed by atoms with van der Waals surface area (Å²) in [6.45, 7) is 7.17. The van der Waals surface area contributed by atoms with Crippen LogP contribution in [-0.4, -0.2) is 25.1 Å². The van der Waals surface area contributed by atoms with Crippen molar-refractivity contribution in [2.45, 2.75) is 30.1 Å². The predicted octanol–water partition coefficient (Wildman–Crippen LogP) is 2.85. The van der Waals surface area contributed by atoms with Crippen molar-refractivity contribution in [2.75, 3.05) is 19.7 Å². The van der Waals surface area contributed by atoms with E-state index in [0.29, 0.717) is 5.92 Å². The number of morpholine rings is 1. The molecule has 1 aliphatic rings. The van der Waals surface area contributed by atoms with Gasteiger partial charge in [0.15, 0.2) is 0 Å². The van der Waals surface area contributed by atoms with E-state index in [4.69, 9.17) is 4.74 Å². The van der Waals surface area contributed by atoms with Gasteiger partial charge in [0.1, 0.15) is 5.44 Å². The molecule has 88 valence electrons. The summed E-state index contributed by atoms with van der Waals surface area (Å²) in [6, 6.07) is 8.81. The van der Waals surface area contributed by atoms with Crippen molar-refractivity contribution in [2.24, 2.45) is 0 Å². The van der Waals surface area contributed by atoms with Crippen molar-refractivity contribution in [1.82, 2.24) is 5.32 Å². The van der Waals surface area contributed by atoms with Crippen LogP contribution in [0.25, 0.3) is 0 Å². The van der Waals surface area contributed by atoms with Crippen LogP contribution in [0.3, 0.4) is 0 Å². The standard InChI is InChI=1S/C13H19NOS/c1-10(2)11-3-5-12(6-4-11)16-13-9-14-7-8-15-13/h3-6,10,13-14H,7-9H2,1-2H3. The Morgan fingerprint density at radius 1 is 1.31 bits per heavy atom. The highest BCUT2D eigenvalue weighted by atomic mass is 32.2. The molecule has 16 heavy (non-hydrogen) atoms. The van der Waals surface area contributed by atoms with Crippen LogP contribution in [0.15, 0.2) is 29.2 Å². The van der Waals surface area contributed by atoms with Crippen LogP contribution >= 0.6 is 11.8 Å². The third-order valence-corrected chi connectivity index (χ3v) is 3.82. The summed E-state index contributed by atoms with van der Waals surface area (Å²) in [7, 11) is 0. The molecule has 2 rings (SSSR count). The summed E-state index contributed by atoms with van der Waals surface area (Å²) in [6.07, 6.45) is 0. The molecule has 1 saturated heterocycles. The lowest BCUT2D eigenvalue weighted by molar-refractivity contribution is 0.0853. The third kappa shape index (κ3) is 3.24. The fourth-order valence-electron chi connectivity index (χ4n) is 1.70. The van der Waals surface area contributed by atoms with Crippen LogP contribution in [0, 0.1) is 0 Å². The average molecular weight is 237 g/mol. The molecule has 0 radical (unpaired) electrons. The molecular weight excluding hydrogens is 218 g/mol. The average Bonchev–Trinajstić information content (AvgIpc) is 2.31. The minimum absolute atomic E-state index is 0.263. The van der Waals surface area contributed by atoms with E-state index in [0.717, 1.165) is 19.7 Å². The first-order chi connectivity index (χ1) is 7.75. The molecule has 1 fully saturated rings. The lowest BCUT2D eigenvalue weighted by Crippen LogP contribution is -2.36. The Hall–Kier alpha value is -0.510. The molecule has 1 aliphatic heterocycles. The van der Waals surface area contributed by atoms with Crippen molar-refractivity contribution in [3.05, 3.63) is 29.8 Å². The van der Waals surface area contributed by atoms with Crippen LogP contribution in [0.5, 0.6) is 0 Å². The molecule has 0 bridgehead atoms. The van der Waals surface area contributed by atoms with Gasteiger partial charge in [-0.3, -0.25) is 0 Å². The maximum Gasteiger partial charge on any atom is 0.120 e. The monoisotopic (exact) mass is 237 g/mol. The Bertz CT molecular complexity index is 317. The number of thioether (sulfide) groups is 1. The van der Waals surface area contributed by atoms with Crippen molar-refractivity contribution >= 4 is 11.8 Å². The maximum absolute atomic E-state index is 5.66. The van der Waals surface area contributed by atoms with Crippen molar-refractivity contribution in [3.63, 3.8) is 0 Å². The molecule has 0 amide bonds. The van der Waals surface area contributed by atoms with Crippen molar-refractivity contribution in [3.8, 4) is 0 Å². The largest absolute Gasteiger partial charge is 0.365 e. The summed E-state index contributed by atoms with van der Waals surface area (Å²) in [5.41, 5.74) is 1.66. The van der Waals surface area contributed by atoms with E-state index in [9.17, 15) is 0 Å². The second-order valence-corrected chi connectivity index (χ2v) is 5.58. The molecule has 1 unspecified atom stereocenters. The first kappa shape index (κ1) is 12.0. The minimum Gasteiger partial charge on any atom is -0.365 e. The fraction of sp³-hybridized carbons (Fsp3) is 0.538. The van der Waals surface area contributed by atoms with Crippen LogP contribution in [0.2, 0.25) is 0 Å². The Balaban J connectivity index is 1.93. The van der Waals surface area contributed by atoms with Gasteiger partial charge in [0, 0.05) is 18.0 Å². The van der Waals surface area contributed by atoms with E-state index in [2.05, 4.69) is 43.4 Å². The summed E-state index contributed by atoms with van der Waals surface area (Å²) in [5.74, 6) is 0.603. The number of hydrogen-bond donors (Lipinski definition) is 1. The molecule has 1 heterocycles. The zero-order valence-corrected chi connectivity index (χ0v) is 10.7. The molecule has 0 aliphatic carbocycles. The van der Waals surface area contributed by atoms with E-state index in [1.807, 2.05) is 0 Å². The summed E-state index contributed by atoms with van der Waals surface area (Å²) < 4.78 is 5.66. The Labute approximate surface area is 102 Å². The molecule has 1 aromatic carbocycles. The lowest BCUT2D eigenvalue weighted by Gasteiger charge is -2.23. The molecule has 0 aromatic heterocycles. The van der Waals surface area contributed by atoms with E-state index in [-0.39, 0.29) is 5.44 Å². The van der Waals surface area contributed by atoms with E-state index in [1.165, 1.54) is 10.5 Å². The second-order valence-electron chi connectivity index (χ2n) is 4.35. The van der Waals surface area contributed by atoms with Crippen molar-refractivity contribution < 1.29 is 4.74 Å². The fourth-order valence-corrected chi connectivity index (χ4v) is 2.66. The zero-order valence-electron chi connectivity index (χ0n) is 9.90. The molecular formula is C13H19NOS. The Morgan fingerprint density at radius 2 is 2.06 bits per heavy atom. The first-order valence-corrected chi connectivity index (χ1v) is 6.72. The topological polar surface area (TPSA) is 21.3 Å². The van der Waals surface area contributed by atoms with Crippen LogP contribution in [0.1, 0.15) is 25.3 Å². The van der Waals surface area contributed by atoms with Gasteiger partial charge in [0.2, 0.25) is 0 Å². The second kappa shape index (κ2) is 5.71. The SMILES string of the molecule is CC(C)c1ccc(SC2CNCCO2)cc1. The number of ether oxygens (including phenoxy) is 1. The zero-order chi connectivity index (χ0) is 11.4. The molecule has 0 spiro atoms. The smallest absolute Gasteiger partial charge is 0.120 e. The number of hydrogen-bond acceptors (Lipinski definition) is 3. The van der Waals surface area contributed by atoms with Crippen molar-refractivity contribution in [1.29, 1.82) is 0 Å². The van der Waals surface area contributed by atoms with Gasteiger partial charge < -0.3 is 10.1 Å². The van der Waals surface area contributed by atoms with Crippen LogP contribution in [0.4, 0.5) is 0 Å². The Morgan fingerprint density at radius 3 is 2.62 bits per heavy atom. The predicted molar refractivity (Wildman–Crippen MR) is 69.0 cm³/mol. The molecule has 0 saturated carbocycles. The van der Waals surface area contributed by atoms with Gasteiger partial charge in [-0.25, -0.2) is 0 Å². The van der Waals surface area contributed by atoms with E-state index >= 15 is 0 Å². The highest BCUT2D eigenvalue weighted by Crippen LogP contribution is 2.26. The van der Waals surface area contributed by atoms with Gasteiger partial charge in [0.05, 0.1) is 6.61 Å². The third-order valence-electron chi connectivity index (χ3n) is 2.71. The lowest BCUT2D eigenvalue weighted by atomic mass is 10.0. The molecule has 1 N–H and O–H groups in total. The van der Waals surface area contributed by atoms with Gasteiger partial charge in [-0.1, -0.05) is 37.7 Å². The summed E-state index contributed by atoms with van der Waals surface area (Å²) in [4.78, 5) is 1.29.